The topological polar surface area (TPSA) is 211 Å². The second-order valence-electron chi connectivity index (χ2n) is 7.05. The van der Waals surface area contributed by atoms with E-state index in [1.54, 1.807) is 7.05 Å². The molecule has 13 nitrogen and oxygen atoms in total. The number of likely N-dealkylation sites (N-methyl/N-ethyl adjacent to an activating group) is 1. The van der Waals surface area contributed by atoms with Gasteiger partial charge in [0.25, 0.3) is 0 Å². The molecule has 2 fully saturated rings. The summed E-state index contributed by atoms with van der Waals surface area (Å²) in [5.41, 5.74) is 0. The summed E-state index contributed by atoms with van der Waals surface area (Å²) >= 11 is 0. The van der Waals surface area contributed by atoms with Gasteiger partial charge in [0, 0.05) is 0 Å². The molecule has 0 spiro atoms. The lowest BCUT2D eigenvalue weighted by atomic mass is 9.99. The number of hydrogen-bond acceptors (Lipinski definition) is 13. The van der Waals surface area contributed by atoms with Crippen LogP contribution in [0.1, 0.15) is 0 Å². The van der Waals surface area contributed by atoms with Gasteiger partial charge in [0.2, 0.25) is 0 Å². The van der Waals surface area contributed by atoms with Crippen LogP contribution in [0.15, 0.2) is 0 Å². The van der Waals surface area contributed by atoms with Crippen LogP contribution in [0.4, 0.5) is 0 Å². The summed E-state index contributed by atoms with van der Waals surface area (Å²) in [5, 5.41) is 80.2. The van der Waals surface area contributed by atoms with Crippen LogP contribution in [0.5, 0.6) is 0 Å². The van der Waals surface area contributed by atoms with Gasteiger partial charge in [-0.3, -0.25) is 0 Å². The predicted molar refractivity (Wildman–Crippen MR) is 92.3 cm³/mol. The number of aliphatic hydroxyl groups excluding tert-OH is 8. The molecular weight excluding hydrogens is 398 g/mol. The molecule has 0 amide bonds. The van der Waals surface area contributed by atoms with E-state index < -0.39 is 80.7 Å². The van der Waals surface area contributed by atoms with Gasteiger partial charge in [-0.15, -0.1) is 0 Å². The van der Waals surface area contributed by atoms with Crippen LogP contribution in [0.2, 0.25) is 0 Å². The fourth-order valence-corrected chi connectivity index (χ4v) is 3.05. The largest absolute Gasteiger partial charge is 0.394 e. The van der Waals surface area contributed by atoms with Crippen LogP contribution in [0, 0.1) is 0 Å². The van der Waals surface area contributed by atoms with Crippen molar-refractivity contribution in [3.8, 4) is 0 Å². The van der Waals surface area contributed by atoms with Crippen molar-refractivity contribution in [2.24, 2.45) is 0 Å². The van der Waals surface area contributed by atoms with E-state index in [9.17, 15) is 40.9 Å². The molecule has 0 radical (unpaired) electrons. The van der Waals surface area contributed by atoms with E-state index in [1.165, 1.54) is 0 Å². The second kappa shape index (κ2) is 11.2. The zero-order valence-electron chi connectivity index (χ0n) is 15.9. The average molecular weight is 429 g/mol. The molecule has 13 heteroatoms. The van der Waals surface area contributed by atoms with Gasteiger partial charge in [0.05, 0.1) is 32.5 Å². The molecule has 2 rings (SSSR count). The second-order valence-corrected chi connectivity index (χ2v) is 7.05. The minimum absolute atomic E-state index is 0.101. The molecule has 10 unspecified atom stereocenters. The Hall–Kier alpha value is -0.520. The van der Waals surface area contributed by atoms with Crippen LogP contribution in [0.25, 0.3) is 0 Å². The third kappa shape index (κ3) is 5.80. The van der Waals surface area contributed by atoms with Crippen molar-refractivity contribution in [3.05, 3.63) is 0 Å². The highest BCUT2D eigenvalue weighted by Crippen LogP contribution is 2.23. The fraction of sp³-hybridized carbons (Fsp3) is 1.00. The Bertz CT molecular complexity index is 443. The summed E-state index contributed by atoms with van der Waals surface area (Å²) in [7, 11) is 1.58. The first-order valence-electron chi connectivity index (χ1n) is 9.26. The predicted octanol–water partition coefficient (Wildman–Crippen LogP) is -5.79. The third-order valence-corrected chi connectivity index (χ3v) is 5.03. The molecule has 0 bridgehead atoms. The zero-order chi connectivity index (χ0) is 21.7. The van der Waals surface area contributed by atoms with Crippen molar-refractivity contribution >= 4 is 0 Å². The SMILES string of the molecule is CNC(COC1OC(CO)C(O)C(O)C1O)COC1OC(CO)C(O)C(O)C1O. The first kappa shape index (κ1) is 24.7. The van der Waals surface area contributed by atoms with Gasteiger partial charge in [0.1, 0.15) is 48.8 Å². The summed E-state index contributed by atoms with van der Waals surface area (Å²) in [4.78, 5) is 0. The van der Waals surface area contributed by atoms with Crippen LogP contribution < -0.4 is 5.32 Å². The van der Waals surface area contributed by atoms with Crippen LogP contribution >= 0.6 is 0 Å². The number of hydrogen-bond donors (Lipinski definition) is 9. The Morgan fingerprint density at radius 1 is 0.690 bits per heavy atom. The van der Waals surface area contributed by atoms with E-state index in [2.05, 4.69) is 5.32 Å². The molecule has 0 aromatic rings. The van der Waals surface area contributed by atoms with E-state index in [0.29, 0.717) is 0 Å². The molecule has 2 aliphatic heterocycles. The molecule has 0 saturated carbocycles. The van der Waals surface area contributed by atoms with E-state index in [1.807, 2.05) is 0 Å². The van der Waals surface area contributed by atoms with Crippen LogP contribution in [-0.4, -0.2) is 142 Å². The first-order chi connectivity index (χ1) is 13.7. The molecule has 2 heterocycles. The Balaban J connectivity index is 1.86. The molecule has 2 saturated heterocycles. The maximum Gasteiger partial charge on any atom is 0.186 e. The molecule has 172 valence electrons. The van der Waals surface area contributed by atoms with Crippen molar-refractivity contribution in [2.45, 2.75) is 67.5 Å². The van der Waals surface area contributed by atoms with Gasteiger partial charge in [-0.05, 0) is 7.05 Å². The summed E-state index contributed by atoms with van der Waals surface area (Å²) in [5.74, 6) is 0. The lowest BCUT2D eigenvalue weighted by molar-refractivity contribution is -0.309. The summed E-state index contributed by atoms with van der Waals surface area (Å²) < 4.78 is 21.3. The Kier molecular flexibility index (Phi) is 9.56. The smallest absolute Gasteiger partial charge is 0.186 e. The van der Waals surface area contributed by atoms with E-state index in [4.69, 9.17) is 18.9 Å². The van der Waals surface area contributed by atoms with E-state index >= 15 is 0 Å². The Morgan fingerprint density at radius 3 is 1.38 bits per heavy atom. The van der Waals surface area contributed by atoms with Crippen molar-refractivity contribution in [1.82, 2.24) is 5.32 Å². The third-order valence-electron chi connectivity index (χ3n) is 5.03. The lowest BCUT2D eigenvalue weighted by Gasteiger charge is -2.40. The highest BCUT2D eigenvalue weighted by molar-refractivity contribution is 4.90. The van der Waals surface area contributed by atoms with Crippen molar-refractivity contribution in [3.63, 3.8) is 0 Å². The summed E-state index contributed by atoms with van der Waals surface area (Å²) in [6.07, 6.45) is -14.0. The van der Waals surface area contributed by atoms with Gasteiger partial charge in [-0.2, -0.15) is 0 Å². The fourth-order valence-electron chi connectivity index (χ4n) is 3.05. The van der Waals surface area contributed by atoms with Gasteiger partial charge in [0.15, 0.2) is 12.6 Å². The van der Waals surface area contributed by atoms with Crippen LogP contribution in [-0.2, 0) is 18.9 Å². The zero-order valence-corrected chi connectivity index (χ0v) is 15.9. The highest BCUT2D eigenvalue weighted by atomic mass is 16.7. The van der Waals surface area contributed by atoms with Crippen LogP contribution in [0.3, 0.4) is 0 Å². The Labute approximate surface area is 167 Å². The molecular formula is C16H31NO12. The van der Waals surface area contributed by atoms with Crippen molar-refractivity contribution in [1.29, 1.82) is 0 Å². The summed E-state index contributed by atoms with van der Waals surface area (Å²) in [6, 6.07) is -0.519. The maximum atomic E-state index is 9.96. The molecule has 0 aromatic carbocycles. The monoisotopic (exact) mass is 429 g/mol. The number of ether oxygens (including phenoxy) is 4. The summed E-state index contributed by atoms with van der Waals surface area (Å²) in [6.45, 7) is -1.37. The van der Waals surface area contributed by atoms with E-state index in [-0.39, 0.29) is 13.2 Å². The molecule has 0 aliphatic carbocycles. The molecule has 29 heavy (non-hydrogen) atoms. The lowest BCUT2D eigenvalue weighted by Crippen LogP contribution is -2.60. The first-order valence-corrected chi connectivity index (χ1v) is 9.26. The van der Waals surface area contributed by atoms with Gasteiger partial charge in [-0.1, -0.05) is 0 Å². The van der Waals surface area contributed by atoms with E-state index in [0.717, 1.165) is 0 Å². The van der Waals surface area contributed by atoms with Gasteiger partial charge >= 0.3 is 0 Å². The number of aliphatic hydroxyl groups is 8. The van der Waals surface area contributed by atoms with Gasteiger partial charge < -0.3 is 65.1 Å². The number of nitrogens with one attached hydrogen (secondary N) is 1. The molecule has 10 atom stereocenters. The molecule has 9 N–H and O–H groups in total. The molecule has 0 aromatic heterocycles. The van der Waals surface area contributed by atoms with Crippen molar-refractivity contribution < 1.29 is 59.8 Å². The van der Waals surface area contributed by atoms with Crippen molar-refractivity contribution in [2.75, 3.05) is 33.5 Å². The average Bonchev–Trinajstić information content (AvgIpc) is 2.73. The minimum Gasteiger partial charge on any atom is -0.394 e. The normalized spacial score (nSPS) is 44.6. The Morgan fingerprint density at radius 2 is 1.07 bits per heavy atom. The standard InChI is InChI=1S/C16H31NO12/c1-17-6(4-26-15-13(24)11(22)9(20)7(2-18)28-15)5-27-16-14(25)12(23)10(21)8(3-19)29-16/h6-25H,2-5H2,1H3. The quantitative estimate of drug-likeness (QED) is 0.167. The number of rotatable bonds is 9. The highest BCUT2D eigenvalue weighted by Gasteiger charge is 2.45. The van der Waals surface area contributed by atoms with Gasteiger partial charge in [-0.25, -0.2) is 0 Å². The molecule has 2 aliphatic rings. The minimum atomic E-state index is -1.57. The maximum absolute atomic E-state index is 9.96.